The van der Waals surface area contributed by atoms with Gasteiger partial charge in [0.15, 0.2) is 0 Å². The first-order valence-electron chi connectivity index (χ1n) is 7.52. The van der Waals surface area contributed by atoms with Crippen molar-refractivity contribution in [1.82, 2.24) is 10.3 Å². The van der Waals surface area contributed by atoms with Crippen LogP contribution in [0.3, 0.4) is 0 Å². The lowest BCUT2D eigenvalue weighted by Crippen LogP contribution is -2.40. The molecule has 24 heavy (non-hydrogen) atoms. The van der Waals surface area contributed by atoms with Crippen LogP contribution in [0.5, 0.6) is 0 Å². The van der Waals surface area contributed by atoms with Crippen LogP contribution in [0.15, 0.2) is 42.6 Å². The van der Waals surface area contributed by atoms with Crippen molar-refractivity contribution in [3.63, 3.8) is 0 Å². The van der Waals surface area contributed by atoms with Gasteiger partial charge < -0.3 is 15.4 Å². The number of amides is 1. The molecule has 0 unspecified atom stereocenters. The average Bonchev–Trinajstić information content (AvgIpc) is 2.53. The van der Waals surface area contributed by atoms with Crippen LogP contribution in [0.4, 0.5) is 11.4 Å². The van der Waals surface area contributed by atoms with Gasteiger partial charge in [-0.25, -0.2) is 4.79 Å². The fraction of sp³-hybridized carbons (Fsp3) is 0.278. The molecule has 0 aliphatic rings. The second-order valence-corrected chi connectivity index (χ2v) is 6.33. The molecule has 1 heterocycles. The van der Waals surface area contributed by atoms with Crippen LogP contribution in [-0.2, 0) is 4.74 Å². The van der Waals surface area contributed by atoms with E-state index in [9.17, 15) is 9.59 Å². The minimum Gasteiger partial charge on any atom is -0.465 e. The van der Waals surface area contributed by atoms with Crippen LogP contribution in [0.2, 0.25) is 0 Å². The third-order valence-electron chi connectivity index (χ3n) is 3.08. The Morgan fingerprint density at radius 1 is 1.04 bits per heavy atom. The van der Waals surface area contributed by atoms with E-state index in [4.69, 9.17) is 0 Å². The van der Waals surface area contributed by atoms with E-state index in [0.29, 0.717) is 11.3 Å². The first-order valence-corrected chi connectivity index (χ1v) is 7.52. The van der Waals surface area contributed by atoms with Gasteiger partial charge in [0.25, 0.3) is 5.91 Å². The van der Waals surface area contributed by atoms with Gasteiger partial charge >= 0.3 is 5.97 Å². The summed E-state index contributed by atoms with van der Waals surface area (Å²) in [6.07, 6.45) is 1.57. The standard InChI is InChI=1S/C18H21N3O3/c1-18(2,3)21-16(22)15-11-14(9-10-19-15)20-13-7-5-12(6-8-13)17(23)24-4/h5-11H,1-4H3,(H,19,20)(H,21,22). The third-order valence-corrected chi connectivity index (χ3v) is 3.08. The largest absolute Gasteiger partial charge is 0.465 e. The number of aromatic nitrogens is 1. The summed E-state index contributed by atoms with van der Waals surface area (Å²) < 4.78 is 4.66. The van der Waals surface area contributed by atoms with Gasteiger partial charge in [0.2, 0.25) is 0 Å². The average molecular weight is 327 g/mol. The molecule has 2 aromatic rings. The number of hydrogen-bond donors (Lipinski definition) is 2. The highest BCUT2D eigenvalue weighted by atomic mass is 16.5. The van der Waals surface area contributed by atoms with Gasteiger partial charge in [-0.2, -0.15) is 0 Å². The SMILES string of the molecule is COC(=O)c1ccc(Nc2ccnc(C(=O)NC(C)(C)C)c2)cc1. The molecule has 0 atom stereocenters. The molecule has 2 rings (SSSR count). The molecule has 0 saturated carbocycles. The first-order chi connectivity index (χ1) is 11.3. The zero-order valence-electron chi connectivity index (χ0n) is 14.2. The molecule has 0 saturated heterocycles. The van der Waals surface area contributed by atoms with Gasteiger partial charge in [0, 0.05) is 23.1 Å². The topological polar surface area (TPSA) is 80.3 Å². The third kappa shape index (κ3) is 4.81. The molecular formula is C18H21N3O3. The number of ether oxygens (including phenoxy) is 1. The molecule has 0 fully saturated rings. The number of carbonyl (C=O) groups is 2. The van der Waals surface area contributed by atoms with E-state index in [1.807, 2.05) is 20.8 Å². The Morgan fingerprint density at radius 2 is 1.71 bits per heavy atom. The van der Waals surface area contributed by atoms with Crippen molar-refractivity contribution in [3.8, 4) is 0 Å². The van der Waals surface area contributed by atoms with E-state index in [1.165, 1.54) is 7.11 Å². The van der Waals surface area contributed by atoms with Crippen LogP contribution >= 0.6 is 0 Å². The van der Waals surface area contributed by atoms with E-state index in [1.54, 1.807) is 42.6 Å². The second kappa shape index (κ2) is 7.12. The van der Waals surface area contributed by atoms with Crippen LogP contribution in [0.1, 0.15) is 41.6 Å². The number of esters is 1. The van der Waals surface area contributed by atoms with Gasteiger partial charge in [-0.05, 0) is 57.2 Å². The predicted molar refractivity (Wildman–Crippen MR) is 92.5 cm³/mol. The fourth-order valence-corrected chi connectivity index (χ4v) is 2.01. The van der Waals surface area contributed by atoms with Crippen molar-refractivity contribution in [2.75, 3.05) is 12.4 Å². The van der Waals surface area contributed by atoms with E-state index < -0.39 is 0 Å². The van der Waals surface area contributed by atoms with Crippen molar-refractivity contribution >= 4 is 23.3 Å². The Kier molecular flexibility index (Phi) is 5.18. The lowest BCUT2D eigenvalue weighted by molar-refractivity contribution is 0.0600. The minimum absolute atomic E-state index is 0.229. The molecule has 0 aliphatic carbocycles. The molecule has 126 valence electrons. The molecule has 2 N–H and O–H groups in total. The van der Waals surface area contributed by atoms with Gasteiger partial charge in [0.1, 0.15) is 5.69 Å². The molecular weight excluding hydrogens is 306 g/mol. The van der Waals surface area contributed by atoms with E-state index >= 15 is 0 Å². The predicted octanol–water partition coefficient (Wildman–Crippen LogP) is 3.14. The van der Waals surface area contributed by atoms with Crippen molar-refractivity contribution in [2.24, 2.45) is 0 Å². The Morgan fingerprint density at radius 3 is 2.29 bits per heavy atom. The Balaban J connectivity index is 2.12. The lowest BCUT2D eigenvalue weighted by atomic mass is 10.1. The number of hydrogen-bond acceptors (Lipinski definition) is 5. The van der Waals surface area contributed by atoms with E-state index in [-0.39, 0.29) is 17.4 Å². The smallest absolute Gasteiger partial charge is 0.337 e. The summed E-state index contributed by atoms with van der Waals surface area (Å²) in [5.41, 5.74) is 2.00. The summed E-state index contributed by atoms with van der Waals surface area (Å²) in [5.74, 6) is -0.612. The Hall–Kier alpha value is -2.89. The number of nitrogens with zero attached hydrogens (tertiary/aromatic N) is 1. The number of pyridine rings is 1. The Labute approximate surface area is 141 Å². The molecule has 0 radical (unpaired) electrons. The number of benzene rings is 1. The van der Waals surface area contributed by atoms with Gasteiger partial charge in [0.05, 0.1) is 12.7 Å². The normalized spacial score (nSPS) is 10.8. The molecule has 6 heteroatoms. The number of nitrogens with one attached hydrogen (secondary N) is 2. The zero-order valence-corrected chi connectivity index (χ0v) is 14.2. The van der Waals surface area contributed by atoms with Gasteiger partial charge in [-0.1, -0.05) is 0 Å². The first kappa shape index (κ1) is 17.5. The van der Waals surface area contributed by atoms with Crippen molar-refractivity contribution < 1.29 is 14.3 Å². The van der Waals surface area contributed by atoms with Crippen LogP contribution < -0.4 is 10.6 Å². The van der Waals surface area contributed by atoms with Crippen LogP contribution in [0, 0.1) is 0 Å². The van der Waals surface area contributed by atoms with Gasteiger partial charge in [-0.3, -0.25) is 9.78 Å². The number of anilines is 2. The molecule has 0 aliphatic heterocycles. The summed E-state index contributed by atoms with van der Waals surface area (Å²) in [7, 11) is 1.34. The summed E-state index contributed by atoms with van der Waals surface area (Å²) in [6, 6.07) is 10.3. The zero-order chi connectivity index (χ0) is 17.7. The highest BCUT2D eigenvalue weighted by Crippen LogP contribution is 2.18. The highest BCUT2D eigenvalue weighted by molar-refractivity contribution is 5.93. The minimum atomic E-state index is -0.383. The maximum atomic E-state index is 12.2. The Bertz CT molecular complexity index is 734. The summed E-state index contributed by atoms with van der Waals surface area (Å²) >= 11 is 0. The molecule has 1 aromatic heterocycles. The van der Waals surface area contributed by atoms with Crippen molar-refractivity contribution in [2.45, 2.75) is 26.3 Å². The maximum absolute atomic E-state index is 12.2. The number of carbonyl (C=O) groups excluding carboxylic acids is 2. The lowest BCUT2D eigenvalue weighted by Gasteiger charge is -2.20. The van der Waals surface area contributed by atoms with Crippen LogP contribution in [-0.4, -0.2) is 29.5 Å². The summed E-state index contributed by atoms with van der Waals surface area (Å²) in [4.78, 5) is 27.7. The molecule has 0 spiro atoms. The molecule has 1 aromatic carbocycles. The number of methoxy groups -OCH3 is 1. The molecule has 6 nitrogen and oxygen atoms in total. The fourth-order valence-electron chi connectivity index (χ4n) is 2.01. The molecule has 0 bridgehead atoms. The quantitative estimate of drug-likeness (QED) is 0.843. The molecule has 1 amide bonds. The van der Waals surface area contributed by atoms with Gasteiger partial charge in [-0.15, -0.1) is 0 Å². The monoisotopic (exact) mass is 327 g/mol. The number of rotatable bonds is 4. The van der Waals surface area contributed by atoms with Crippen LogP contribution in [0.25, 0.3) is 0 Å². The van der Waals surface area contributed by atoms with E-state index in [0.717, 1.165) is 11.4 Å². The second-order valence-electron chi connectivity index (χ2n) is 6.33. The maximum Gasteiger partial charge on any atom is 0.337 e. The summed E-state index contributed by atoms with van der Waals surface area (Å²) in [6.45, 7) is 5.74. The highest BCUT2D eigenvalue weighted by Gasteiger charge is 2.16. The van der Waals surface area contributed by atoms with Crippen molar-refractivity contribution in [3.05, 3.63) is 53.9 Å². The van der Waals surface area contributed by atoms with E-state index in [2.05, 4.69) is 20.4 Å². The van der Waals surface area contributed by atoms with Crippen molar-refractivity contribution in [1.29, 1.82) is 0 Å². The summed E-state index contributed by atoms with van der Waals surface area (Å²) in [5, 5.41) is 6.05.